The van der Waals surface area contributed by atoms with E-state index in [1.807, 2.05) is 32.0 Å². The number of carbonyl (C=O) groups is 1. The van der Waals surface area contributed by atoms with Crippen LogP contribution in [0.15, 0.2) is 46.7 Å². The molecule has 7 heteroatoms. The van der Waals surface area contributed by atoms with Crippen molar-refractivity contribution in [3.63, 3.8) is 0 Å². The SMILES string of the molecule is Cc1ccc(S(=O)(=O)N2CCCC2C(=O)NC(C)CC(C)(C)c2ccccc2)s1. The first-order valence-corrected chi connectivity index (χ1v) is 12.3. The summed E-state index contributed by atoms with van der Waals surface area (Å²) in [6.45, 7) is 8.58. The molecule has 1 aliphatic heterocycles. The molecule has 0 saturated carbocycles. The predicted molar refractivity (Wildman–Crippen MR) is 118 cm³/mol. The molecule has 1 fully saturated rings. The highest BCUT2D eigenvalue weighted by atomic mass is 32.2. The number of hydrogen-bond acceptors (Lipinski definition) is 4. The van der Waals surface area contributed by atoms with Crippen LogP contribution in [0.3, 0.4) is 0 Å². The molecular formula is C22H30N2O3S2. The van der Waals surface area contributed by atoms with E-state index in [4.69, 9.17) is 0 Å². The van der Waals surface area contributed by atoms with Crippen molar-refractivity contribution in [1.82, 2.24) is 9.62 Å². The van der Waals surface area contributed by atoms with Gasteiger partial charge in [0.15, 0.2) is 0 Å². The molecule has 2 heterocycles. The van der Waals surface area contributed by atoms with Crippen molar-refractivity contribution in [3.8, 4) is 0 Å². The molecule has 2 unspecified atom stereocenters. The Labute approximate surface area is 178 Å². The van der Waals surface area contributed by atoms with E-state index < -0.39 is 16.1 Å². The number of hydrogen-bond donors (Lipinski definition) is 1. The van der Waals surface area contributed by atoms with E-state index >= 15 is 0 Å². The molecule has 29 heavy (non-hydrogen) atoms. The quantitative estimate of drug-likeness (QED) is 0.714. The second kappa shape index (κ2) is 8.58. The number of nitrogens with one attached hydrogen (secondary N) is 1. The van der Waals surface area contributed by atoms with Crippen LogP contribution in [0.25, 0.3) is 0 Å². The van der Waals surface area contributed by atoms with Gasteiger partial charge in [0.1, 0.15) is 10.3 Å². The minimum atomic E-state index is -3.63. The number of benzene rings is 1. The van der Waals surface area contributed by atoms with Crippen LogP contribution in [0.5, 0.6) is 0 Å². The number of amides is 1. The lowest BCUT2D eigenvalue weighted by Gasteiger charge is -2.30. The number of aryl methyl sites for hydroxylation is 1. The summed E-state index contributed by atoms with van der Waals surface area (Å²) in [5.41, 5.74) is 1.13. The maximum atomic E-state index is 13.0. The molecule has 2 atom stereocenters. The maximum absolute atomic E-state index is 13.0. The van der Waals surface area contributed by atoms with Gasteiger partial charge in [-0.05, 0) is 56.2 Å². The molecule has 0 radical (unpaired) electrons. The van der Waals surface area contributed by atoms with E-state index in [1.54, 1.807) is 12.1 Å². The van der Waals surface area contributed by atoms with Crippen molar-refractivity contribution < 1.29 is 13.2 Å². The van der Waals surface area contributed by atoms with Crippen molar-refractivity contribution in [3.05, 3.63) is 52.9 Å². The zero-order valence-electron chi connectivity index (χ0n) is 17.5. The normalized spacial score (nSPS) is 19.2. The topological polar surface area (TPSA) is 66.5 Å². The molecule has 2 aromatic rings. The number of thiophene rings is 1. The lowest BCUT2D eigenvalue weighted by molar-refractivity contribution is -0.124. The Hall–Kier alpha value is -1.70. The predicted octanol–water partition coefficient (Wildman–Crippen LogP) is 4.08. The summed E-state index contributed by atoms with van der Waals surface area (Å²) < 4.78 is 27.7. The molecule has 158 valence electrons. The summed E-state index contributed by atoms with van der Waals surface area (Å²) in [6, 6.07) is 13.0. The van der Waals surface area contributed by atoms with Crippen LogP contribution in [0.1, 0.15) is 50.5 Å². The van der Waals surface area contributed by atoms with Gasteiger partial charge in [0.05, 0.1) is 0 Å². The second-order valence-corrected chi connectivity index (χ2v) is 11.9. The molecule has 5 nitrogen and oxygen atoms in total. The molecule has 0 bridgehead atoms. The van der Waals surface area contributed by atoms with Gasteiger partial charge in [-0.2, -0.15) is 4.31 Å². The summed E-state index contributed by atoms with van der Waals surface area (Å²) >= 11 is 1.25. The van der Waals surface area contributed by atoms with E-state index in [1.165, 1.54) is 21.2 Å². The summed E-state index contributed by atoms with van der Waals surface area (Å²) in [4.78, 5) is 13.9. The first-order chi connectivity index (χ1) is 13.6. The highest BCUT2D eigenvalue weighted by molar-refractivity contribution is 7.91. The van der Waals surface area contributed by atoms with Gasteiger partial charge in [0.2, 0.25) is 5.91 Å². The summed E-state index contributed by atoms with van der Waals surface area (Å²) in [7, 11) is -3.63. The fourth-order valence-corrected chi connectivity index (χ4v) is 7.19. The molecule has 1 aliphatic rings. The smallest absolute Gasteiger partial charge is 0.253 e. The van der Waals surface area contributed by atoms with Gasteiger partial charge in [0.25, 0.3) is 10.0 Å². The third-order valence-electron chi connectivity index (χ3n) is 5.55. The minimum absolute atomic E-state index is 0.0631. The van der Waals surface area contributed by atoms with Crippen molar-refractivity contribution in [2.24, 2.45) is 0 Å². The van der Waals surface area contributed by atoms with Crippen LogP contribution >= 0.6 is 11.3 Å². The van der Waals surface area contributed by atoms with Crippen molar-refractivity contribution >= 4 is 27.3 Å². The molecule has 1 aromatic heterocycles. The molecular weight excluding hydrogens is 404 g/mol. The third-order valence-corrected chi connectivity index (χ3v) is 8.92. The van der Waals surface area contributed by atoms with Crippen LogP contribution in [-0.4, -0.2) is 37.3 Å². The van der Waals surface area contributed by atoms with Crippen LogP contribution in [0.2, 0.25) is 0 Å². The van der Waals surface area contributed by atoms with E-state index in [0.717, 1.165) is 11.3 Å². The minimum Gasteiger partial charge on any atom is -0.352 e. The van der Waals surface area contributed by atoms with Crippen LogP contribution in [0, 0.1) is 6.92 Å². The summed E-state index contributed by atoms with van der Waals surface area (Å²) in [5, 5.41) is 3.06. The molecule has 1 aromatic carbocycles. The van der Waals surface area contributed by atoms with Gasteiger partial charge in [-0.15, -0.1) is 11.3 Å². The Balaban J connectivity index is 1.68. The van der Waals surface area contributed by atoms with E-state index in [2.05, 4.69) is 31.3 Å². The largest absolute Gasteiger partial charge is 0.352 e. The average molecular weight is 435 g/mol. The standard InChI is InChI=1S/C22H30N2O3S2/c1-16(15-22(3,4)18-9-6-5-7-10-18)23-21(25)19-11-8-14-24(19)29(26,27)20-13-12-17(2)28-20/h5-7,9-10,12-13,16,19H,8,11,14-15H2,1-4H3,(H,23,25). The Morgan fingerprint density at radius 3 is 2.55 bits per heavy atom. The van der Waals surface area contributed by atoms with Gasteiger partial charge in [-0.1, -0.05) is 44.2 Å². The molecule has 0 aliphatic carbocycles. The molecule has 1 amide bonds. The van der Waals surface area contributed by atoms with Gasteiger partial charge in [0, 0.05) is 17.5 Å². The van der Waals surface area contributed by atoms with Gasteiger partial charge in [-0.3, -0.25) is 4.79 Å². The fraction of sp³-hybridized carbons (Fsp3) is 0.500. The van der Waals surface area contributed by atoms with Crippen molar-refractivity contribution in [2.75, 3.05) is 6.54 Å². The number of carbonyl (C=O) groups excluding carboxylic acids is 1. The Morgan fingerprint density at radius 2 is 1.93 bits per heavy atom. The first kappa shape index (κ1) is 22.0. The summed E-state index contributed by atoms with van der Waals surface area (Å²) in [5.74, 6) is -0.198. The zero-order chi connectivity index (χ0) is 21.2. The Morgan fingerprint density at radius 1 is 1.24 bits per heavy atom. The highest BCUT2D eigenvalue weighted by Crippen LogP contribution is 2.31. The lowest BCUT2D eigenvalue weighted by Crippen LogP contribution is -2.49. The van der Waals surface area contributed by atoms with E-state index in [0.29, 0.717) is 23.6 Å². The van der Waals surface area contributed by atoms with Crippen LogP contribution < -0.4 is 5.32 Å². The van der Waals surface area contributed by atoms with Gasteiger partial charge in [-0.25, -0.2) is 8.42 Å². The molecule has 1 saturated heterocycles. The lowest BCUT2D eigenvalue weighted by atomic mass is 9.79. The Kier molecular flexibility index (Phi) is 6.51. The van der Waals surface area contributed by atoms with Crippen molar-refractivity contribution in [1.29, 1.82) is 0 Å². The molecule has 0 spiro atoms. The average Bonchev–Trinajstić information content (AvgIpc) is 3.31. The first-order valence-electron chi connectivity index (χ1n) is 10.1. The van der Waals surface area contributed by atoms with Crippen LogP contribution in [-0.2, 0) is 20.2 Å². The zero-order valence-corrected chi connectivity index (χ0v) is 19.1. The van der Waals surface area contributed by atoms with E-state index in [9.17, 15) is 13.2 Å². The monoisotopic (exact) mass is 434 g/mol. The van der Waals surface area contributed by atoms with Crippen molar-refractivity contribution in [2.45, 2.75) is 68.7 Å². The number of rotatable bonds is 7. The third kappa shape index (κ3) is 4.90. The summed E-state index contributed by atoms with van der Waals surface area (Å²) in [6.07, 6.45) is 2.03. The number of nitrogens with zero attached hydrogens (tertiary/aromatic N) is 1. The fourth-order valence-electron chi connectivity index (χ4n) is 4.12. The highest BCUT2D eigenvalue weighted by Gasteiger charge is 2.40. The number of sulfonamides is 1. The Bertz CT molecular complexity index is 951. The van der Waals surface area contributed by atoms with E-state index in [-0.39, 0.29) is 17.4 Å². The van der Waals surface area contributed by atoms with Gasteiger partial charge < -0.3 is 5.32 Å². The maximum Gasteiger partial charge on any atom is 0.253 e. The molecule has 3 rings (SSSR count). The van der Waals surface area contributed by atoms with Crippen LogP contribution in [0.4, 0.5) is 0 Å². The second-order valence-electron chi connectivity index (χ2n) is 8.50. The molecule has 1 N–H and O–H groups in total. The van der Waals surface area contributed by atoms with Gasteiger partial charge >= 0.3 is 0 Å².